The fourth-order valence-electron chi connectivity index (χ4n) is 6.88. The number of aliphatic hydroxyl groups excluding tert-OH is 1. The van der Waals surface area contributed by atoms with E-state index in [4.69, 9.17) is 9.47 Å². The Balaban J connectivity index is 1.82. The first kappa shape index (κ1) is 31.4. The maximum absolute atomic E-state index is 14.8. The molecule has 3 unspecified atom stereocenters. The number of aliphatic hydroxyl groups is 1. The Morgan fingerprint density at radius 2 is 2.05 bits per heavy atom. The molecule has 8 nitrogen and oxygen atoms in total. The number of hydrogen-bond donors (Lipinski definition) is 1. The van der Waals surface area contributed by atoms with Crippen molar-refractivity contribution in [1.82, 2.24) is 4.90 Å². The quantitative estimate of drug-likeness (QED) is 0.149. The standard InChI is InChI=1S/C32H43BrN2O6/c1-7-10-11-15-40-31(39)25-26-29(37)35(24(18-36)20(5)9-3)28(32(26)17-22(33)27(25)41-32)30(38)34(14-8-2)23-16-19(4)12-13-21(23)6/h7-8,12-13,16,20,22,24-28,36H,1-2,9-11,14-15,17-18H2,3-6H3/t20-,22?,24-,25-,26-,27-,28?,32?/m0/s1. The molecule has 0 radical (unpaired) electrons. The molecule has 0 saturated carbocycles. The number of hydrogen-bond acceptors (Lipinski definition) is 6. The third-order valence-electron chi connectivity index (χ3n) is 9.11. The first-order valence-corrected chi connectivity index (χ1v) is 15.5. The molecule has 0 aromatic heterocycles. The molecule has 2 amide bonds. The third-order valence-corrected chi connectivity index (χ3v) is 9.95. The summed E-state index contributed by atoms with van der Waals surface area (Å²) in [5, 5.41) is 10.6. The number of anilines is 1. The highest BCUT2D eigenvalue weighted by atomic mass is 79.9. The number of ether oxygens (including phenoxy) is 2. The van der Waals surface area contributed by atoms with Crippen LogP contribution in [0.3, 0.4) is 0 Å². The largest absolute Gasteiger partial charge is 0.465 e. The highest BCUT2D eigenvalue weighted by molar-refractivity contribution is 9.09. The van der Waals surface area contributed by atoms with Crippen molar-refractivity contribution in [2.75, 3.05) is 24.7 Å². The molecule has 41 heavy (non-hydrogen) atoms. The number of carbonyl (C=O) groups excluding carboxylic acids is 3. The minimum atomic E-state index is -1.24. The molecular formula is C32H43BrN2O6. The molecule has 8 atom stereocenters. The van der Waals surface area contributed by atoms with Crippen LogP contribution in [0.5, 0.6) is 0 Å². The molecule has 224 valence electrons. The number of halogens is 1. The van der Waals surface area contributed by atoms with Gasteiger partial charge in [-0.05, 0) is 56.2 Å². The first-order chi connectivity index (χ1) is 19.6. The number of benzene rings is 1. The molecular weight excluding hydrogens is 588 g/mol. The van der Waals surface area contributed by atoms with E-state index in [0.717, 1.165) is 16.8 Å². The lowest BCUT2D eigenvalue weighted by Gasteiger charge is -2.41. The maximum atomic E-state index is 14.8. The molecule has 3 aliphatic heterocycles. The number of carbonyl (C=O) groups is 3. The monoisotopic (exact) mass is 630 g/mol. The lowest BCUT2D eigenvalue weighted by molar-refractivity contribution is -0.156. The molecule has 3 aliphatic rings. The average molecular weight is 632 g/mol. The summed E-state index contributed by atoms with van der Waals surface area (Å²) in [6.07, 6.45) is 5.25. The van der Waals surface area contributed by atoms with E-state index in [-0.39, 0.29) is 42.3 Å². The van der Waals surface area contributed by atoms with Crippen molar-refractivity contribution >= 4 is 39.4 Å². The van der Waals surface area contributed by atoms with E-state index in [1.807, 2.05) is 45.9 Å². The van der Waals surface area contributed by atoms with Gasteiger partial charge in [0, 0.05) is 17.1 Å². The summed E-state index contributed by atoms with van der Waals surface area (Å²) in [4.78, 5) is 45.7. The fraction of sp³-hybridized carbons (Fsp3) is 0.594. The van der Waals surface area contributed by atoms with Crippen LogP contribution in [0.1, 0.15) is 50.7 Å². The minimum absolute atomic E-state index is 0.0932. The van der Waals surface area contributed by atoms with E-state index in [1.165, 1.54) is 0 Å². The van der Waals surface area contributed by atoms with Gasteiger partial charge in [0.2, 0.25) is 5.91 Å². The van der Waals surface area contributed by atoms with Gasteiger partial charge in [-0.3, -0.25) is 14.4 Å². The summed E-state index contributed by atoms with van der Waals surface area (Å²) in [5.41, 5.74) is 1.39. The molecule has 4 rings (SSSR count). The van der Waals surface area contributed by atoms with E-state index < -0.39 is 41.6 Å². The number of allylic oxidation sites excluding steroid dienone is 1. The van der Waals surface area contributed by atoms with Crippen LogP contribution in [0.4, 0.5) is 5.69 Å². The van der Waals surface area contributed by atoms with Gasteiger partial charge in [-0.2, -0.15) is 0 Å². The van der Waals surface area contributed by atoms with Crippen molar-refractivity contribution in [3.05, 3.63) is 54.6 Å². The van der Waals surface area contributed by atoms with E-state index in [0.29, 0.717) is 25.7 Å². The van der Waals surface area contributed by atoms with Gasteiger partial charge in [0.15, 0.2) is 0 Å². The van der Waals surface area contributed by atoms with Crippen molar-refractivity contribution in [3.63, 3.8) is 0 Å². The smallest absolute Gasteiger partial charge is 0.312 e. The zero-order valence-electron chi connectivity index (χ0n) is 24.6. The van der Waals surface area contributed by atoms with Crippen LogP contribution in [0.2, 0.25) is 0 Å². The second-order valence-electron chi connectivity index (χ2n) is 11.7. The number of fused-ring (bicyclic) bond motifs is 1. The van der Waals surface area contributed by atoms with Crippen LogP contribution >= 0.6 is 15.9 Å². The minimum Gasteiger partial charge on any atom is -0.465 e. The Labute approximate surface area is 251 Å². The van der Waals surface area contributed by atoms with E-state index >= 15 is 0 Å². The third kappa shape index (κ3) is 5.41. The Bertz CT molecular complexity index is 1190. The summed E-state index contributed by atoms with van der Waals surface area (Å²) >= 11 is 3.71. The van der Waals surface area contributed by atoms with Crippen molar-refractivity contribution in [2.24, 2.45) is 17.8 Å². The highest BCUT2D eigenvalue weighted by Gasteiger charge is 2.77. The van der Waals surface area contributed by atoms with Gasteiger partial charge in [-0.15, -0.1) is 13.2 Å². The van der Waals surface area contributed by atoms with Crippen molar-refractivity contribution in [2.45, 2.75) is 82.0 Å². The van der Waals surface area contributed by atoms with Gasteiger partial charge in [0.05, 0.1) is 37.2 Å². The van der Waals surface area contributed by atoms with Crippen LogP contribution in [0, 0.1) is 31.6 Å². The first-order valence-electron chi connectivity index (χ1n) is 14.6. The van der Waals surface area contributed by atoms with Gasteiger partial charge in [0.1, 0.15) is 11.6 Å². The molecule has 3 fully saturated rings. The average Bonchev–Trinajstić information content (AvgIpc) is 3.54. The lowest BCUT2D eigenvalue weighted by Crippen LogP contribution is -2.60. The molecule has 1 aromatic rings. The molecule has 1 spiro atoms. The number of esters is 1. The molecule has 0 aliphatic carbocycles. The number of likely N-dealkylation sites (tertiary alicyclic amines) is 1. The number of amides is 2. The summed E-state index contributed by atoms with van der Waals surface area (Å²) in [6.45, 7) is 15.6. The Kier molecular flexibility index (Phi) is 9.81. The van der Waals surface area contributed by atoms with Gasteiger partial charge >= 0.3 is 5.97 Å². The Morgan fingerprint density at radius 1 is 1.32 bits per heavy atom. The fourth-order valence-corrected chi connectivity index (χ4v) is 7.82. The van der Waals surface area contributed by atoms with Gasteiger partial charge in [-0.1, -0.05) is 60.5 Å². The topological polar surface area (TPSA) is 96.4 Å². The zero-order valence-corrected chi connectivity index (χ0v) is 26.1. The van der Waals surface area contributed by atoms with Crippen molar-refractivity contribution in [1.29, 1.82) is 0 Å². The highest BCUT2D eigenvalue weighted by Crippen LogP contribution is 2.61. The molecule has 3 saturated heterocycles. The Hall–Kier alpha value is -2.49. The van der Waals surface area contributed by atoms with E-state index in [9.17, 15) is 19.5 Å². The number of alkyl halides is 1. The summed E-state index contributed by atoms with van der Waals surface area (Å²) in [5.74, 6) is -2.96. The molecule has 1 aromatic carbocycles. The maximum Gasteiger partial charge on any atom is 0.312 e. The second kappa shape index (κ2) is 12.8. The summed E-state index contributed by atoms with van der Waals surface area (Å²) in [6, 6.07) is 4.26. The molecule has 1 N–H and O–H groups in total. The number of rotatable bonds is 13. The summed E-state index contributed by atoms with van der Waals surface area (Å²) in [7, 11) is 0. The van der Waals surface area contributed by atoms with Gasteiger partial charge < -0.3 is 24.4 Å². The van der Waals surface area contributed by atoms with Crippen LogP contribution in [0.15, 0.2) is 43.5 Å². The lowest BCUT2D eigenvalue weighted by atomic mass is 9.70. The molecule has 9 heteroatoms. The van der Waals surface area contributed by atoms with Crippen molar-refractivity contribution < 1.29 is 29.0 Å². The second-order valence-corrected chi connectivity index (χ2v) is 12.8. The number of aryl methyl sites for hydroxylation is 2. The van der Waals surface area contributed by atoms with Gasteiger partial charge in [0.25, 0.3) is 5.91 Å². The van der Waals surface area contributed by atoms with Crippen LogP contribution in [0.25, 0.3) is 0 Å². The normalized spacial score (nSPS) is 29.7. The van der Waals surface area contributed by atoms with E-state index in [1.54, 1.807) is 22.0 Å². The van der Waals surface area contributed by atoms with Crippen LogP contribution in [-0.4, -0.2) is 76.2 Å². The molecule has 2 bridgehead atoms. The predicted octanol–water partition coefficient (Wildman–Crippen LogP) is 4.49. The number of nitrogens with zero attached hydrogens (tertiary/aromatic N) is 2. The predicted molar refractivity (Wildman–Crippen MR) is 162 cm³/mol. The SMILES string of the molecule is C=CCCCOC(=O)[C@H]1[C@H]2C(=O)N([C@@H](CO)[C@@H](C)CC)C(C(=O)N(CC=C)c3cc(C)ccc3C)C23CC(Br)[C@@H]1O3. The van der Waals surface area contributed by atoms with Crippen molar-refractivity contribution in [3.8, 4) is 0 Å². The summed E-state index contributed by atoms with van der Waals surface area (Å²) < 4.78 is 12.3. The number of unbranched alkanes of at least 4 members (excludes halogenated alkanes) is 1. The van der Waals surface area contributed by atoms with Gasteiger partial charge in [-0.25, -0.2) is 0 Å². The van der Waals surface area contributed by atoms with E-state index in [2.05, 4.69) is 29.1 Å². The zero-order chi connectivity index (χ0) is 30.1. The molecule has 3 heterocycles. The Morgan fingerprint density at radius 3 is 2.68 bits per heavy atom. The van der Waals surface area contributed by atoms with Crippen LogP contribution in [-0.2, 0) is 23.9 Å². The van der Waals surface area contributed by atoms with Crippen LogP contribution < -0.4 is 4.90 Å².